The average molecular weight is 354 g/mol. The van der Waals surface area contributed by atoms with Crippen molar-refractivity contribution in [3.63, 3.8) is 0 Å². The molecule has 0 aliphatic carbocycles. The number of halogens is 1. The minimum Gasteiger partial charge on any atom is -0.497 e. The smallest absolute Gasteiger partial charge is 0.270 e. The Hall–Kier alpha value is -2.65. The number of ether oxygens (including phenoxy) is 2. The van der Waals surface area contributed by atoms with Crippen LogP contribution in [-0.2, 0) is 10.0 Å². The Morgan fingerprint density at radius 3 is 2.29 bits per heavy atom. The second kappa shape index (κ2) is 7.28. The zero-order valence-electron chi connectivity index (χ0n) is 12.9. The molecule has 2 rings (SSSR count). The lowest BCUT2D eigenvalue weighted by molar-refractivity contribution is 0.0942. The van der Waals surface area contributed by atoms with Crippen molar-refractivity contribution in [2.45, 2.75) is 4.90 Å². The lowest BCUT2D eigenvalue weighted by Crippen LogP contribution is -2.41. The maximum Gasteiger partial charge on any atom is 0.270 e. The van der Waals surface area contributed by atoms with Crippen LogP contribution in [0.1, 0.15) is 10.4 Å². The Morgan fingerprint density at radius 2 is 1.71 bits per heavy atom. The van der Waals surface area contributed by atoms with Gasteiger partial charge in [0.2, 0.25) is 0 Å². The van der Waals surface area contributed by atoms with Gasteiger partial charge in [0.05, 0.1) is 24.7 Å². The van der Waals surface area contributed by atoms with Gasteiger partial charge in [0, 0.05) is 6.07 Å². The van der Waals surface area contributed by atoms with Gasteiger partial charge >= 0.3 is 0 Å². The fourth-order valence-corrected chi connectivity index (χ4v) is 2.68. The van der Waals surface area contributed by atoms with E-state index in [1.165, 1.54) is 32.4 Å². The summed E-state index contributed by atoms with van der Waals surface area (Å²) in [5.41, 5.74) is 2.18. The number of rotatable bonds is 6. The van der Waals surface area contributed by atoms with E-state index in [9.17, 15) is 17.6 Å². The van der Waals surface area contributed by atoms with E-state index in [4.69, 9.17) is 9.47 Å². The van der Waals surface area contributed by atoms with Gasteiger partial charge in [-0.3, -0.25) is 10.2 Å². The maximum atomic E-state index is 12.8. The molecule has 7 nitrogen and oxygen atoms in total. The van der Waals surface area contributed by atoms with E-state index in [0.717, 1.165) is 24.3 Å². The van der Waals surface area contributed by atoms with Gasteiger partial charge < -0.3 is 9.47 Å². The number of sulfonamides is 1. The van der Waals surface area contributed by atoms with Crippen LogP contribution in [0.25, 0.3) is 0 Å². The number of amides is 1. The third-order valence-electron chi connectivity index (χ3n) is 3.08. The summed E-state index contributed by atoms with van der Waals surface area (Å²) in [5, 5.41) is 0. The van der Waals surface area contributed by atoms with Crippen molar-refractivity contribution in [3.8, 4) is 11.5 Å². The SMILES string of the molecule is COc1ccc(C(=O)NNS(=O)(=O)c2ccc(F)cc2)c(OC)c1. The molecule has 0 heterocycles. The number of hydrogen-bond acceptors (Lipinski definition) is 5. The van der Waals surface area contributed by atoms with E-state index in [1.807, 2.05) is 4.83 Å². The van der Waals surface area contributed by atoms with E-state index >= 15 is 0 Å². The number of carbonyl (C=O) groups excluding carboxylic acids is 1. The van der Waals surface area contributed by atoms with Gasteiger partial charge in [-0.1, -0.05) is 0 Å². The Labute approximate surface area is 138 Å². The quantitative estimate of drug-likeness (QED) is 0.766. The third kappa shape index (κ3) is 4.00. The second-order valence-corrected chi connectivity index (χ2v) is 6.26. The van der Waals surface area contributed by atoms with Crippen LogP contribution >= 0.6 is 0 Å². The van der Waals surface area contributed by atoms with Crippen LogP contribution in [0.15, 0.2) is 47.4 Å². The van der Waals surface area contributed by atoms with Crippen molar-refractivity contribution in [3.05, 3.63) is 53.8 Å². The topological polar surface area (TPSA) is 93.7 Å². The van der Waals surface area contributed by atoms with Gasteiger partial charge in [0.25, 0.3) is 15.9 Å². The normalized spacial score (nSPS) is 11.0. The predicted octanol–water partition coefficient (Wildman–Crippen LogP) is 1.47. The van der Waals surface area contributed by atoms with Gasteiger partial charge in [-0.2, -0.15) is 0 Å². The zero-order chi connectivity index (χ0) is 17.7. The van der Waals surface area contributed by atoms with Crippen LogP contribution in [0, 0.1) is 5.82 Å². The first-order valence-electron chi connectivity index (χ1n) is 6.67. The van der Waals surface area contributed by atoms with Gasteiger partial charge in [0.15, 0.2) is 0 Å². The summed E-state index contributed by atoms with van der Waals surface area (Å²) < 4.78 is 47.0. The molecule has 0 saturated carbocycles. The highest BCUT2D eigenvalue weighted by Crippen LogP contribution is 2.24. The Kier molecular flexibility index (Phi) is 5.37. The van der Waals surface area contributed by atoms with Crippen LogP contribution in [-0.4, -0.2) is 28.5 Å². The molecule has 2 N–H and O–H groups in total. The number of nitrogens with one attached hydrogen (secondary N) is 2. The molecular weight excluding hydrogens is 339 g/mol. The molecule has 0 spiro atoms. The van der Waals surface area contributed by atoms with Gasteiger partial charge in [0.1, 0.15) is 17.3 Å². The molecule has 9 heteroatoms. The monoisotopic (exact) mass is 354 g/mol. The molecule has 2 aromatic rings. The molecule has 0 radical (unpaired) electrons. The molecule has 0 saturated heterocycles. The third-order valence-corrected chi connectivity index (χ3v) is 4.34. The minimum atomic E-state index is -4.03. The summed E-state index contributed by atoms with van der Waals surface area (Å²) in [5.74, 6) is -0.593. The number of carbonyl (C=O) groups is 1. The van der Waals surface area contributed by atoms with E-state index in [1.54, 1.807) is 0 Å². The average Bonchev–Trinajstić information content (AvgIpc) is 2.59. The summed E-state index contributed by atoms with van der Waals surface area (Å²) in [7, 11) is -1.19. The Bertz CT molecular complexity index is 837. The Morgan fingerprint density at radius 1 is 1.04 bits per heavy atom. The molecule has 0 aliphatic rings. The lowest BCUT2D eigenvalue weighted by Gasteiger charge is -2.12. The summed E-state index contributed by atoms with van der Waals surface area (Å²) in [6.45, 7) is 0. The summed E-state index contributed by atoms with van der Waals surface area (Å²) in [6.07, 6.45) is 0. The van der Waals surface area contributed by atoms with E-state index in [0.29, 0.717) is 5.75 Å². The fraction of sp³-hybridized carbons (Fsp3) is 0.133. The minimum absolute atomic E-state index is 0.111. The highest BCUT2D eigenvalue weighted by molar-refractivity contribution is 7.89. The second-order valence-electron chi connectivity index (χ2n) is 4.58. The summed E-state index contributed by atoms with van der Waals surface area (Å²) in [4.78, 5) is 13.9. The molecular formula is C15H15FN2O5S. The number of hydrogen-bond donors (Lipinski definition) is 2. The van der Waals surface area contributed by atoms with E-state index in [2.05, 4.69) is 5.43 Å². The van der Waals surface area contributed by atoms with Crippen LogP contribution < -0.4 is 19.7 Å². The van der Waals surface area contributed by atoms with Crippen LogP contribution in [0.3, 0.4) is 0 Å². The number of hydrazine groups is 1. The first kappa shape index (κ1) is 17.7. The number of benzene rings is 2. The van der Waals surface area contributed by atoms with E-state index < -0.39 is 21.7 Å². The molecule has 1 amide bonds. The van der Waals surface area contributed by atoms with Crippen molar-refractivity contribution in [2.75, 3.05) is 14.2 Å². The van der Waals surface area contributed by atoms with Crippen molar-refractivity contribution in [1.82, 2.24) is 10.3 Å². The summed E-state index contributed by atoms with van der Waals surface area (Å²) >= 11 is 0. The molecule has 0 bridgehead atoms. The van der Waals surface area contributed by atoms with Gasteiger partial charge in [-0.05, 0) is 36.4 Å². The van der Waals surface area contributed by atoms with Crippen molar-refractivity contribution >= 4 is 15.9 Å². The van der Waals surface area contributed by atoms with Gasteiger partial charge in [-0.15, -0.1) is 4.83 Å². The van der Waals surface area contributed by atoms with Gasteiger partial charge in [-0.25, -0.2) is 12.8 Å². The van der Waals surface area contributed by atoms with E-state index in [-0.39, 0.29) is 16.2 Å². The largest absolute Gasteiger partial charge is 0.497 e. The highest BCUT2D eigenvalue weighted by atomic mass is 32.2. The molecule has 0 atom stereocenters. The molecule has 128 valence electrons. The zero-order valence-corrected chi connectivity index (χ0v) is 13.7. The molecule has 2 aromatic carbocycles. The van der Waals surface area contributed by atoms with Crippen LogP contribution in [0.2, 0.25) is 0 Å². The standard InChI is InChI=1S/C15H15FN2O5S/c1-22-11-5-8-13(14(9-11)23-2)15(19)17-18-24(20,21)12-6-3-10(16)4-7-12/h3-9,18H,1-2H3,(H,17,19). The highest BCUT2D eigenvalue weighted by Gasteiger charge is 2.18. The van der Waals surface area contributed by atoms with Crippen LogP contribution in [0.4, 0.5) is 4.39 Å². The number of methoxy groups -OCH3 is 2. The molecule has 0 fully saturated rings. The van der Waals surface area contributed by atoms with Crippen molar-refractivity contribution < 1.29 is 27.1 Å². The Balaban J connectivity index is 2.14. The fourth-order valence-electron chi connectivity index (χ4n) is 1.84. The van der Waals surface area contributed by atoms with Crippen LogP contribution in [0.5, 0.6) is 11.5 Å². The first-order chi connectivity index (χ1) is 11.4. The molecule has 0 aliphatic heterocycles. The lowest BCUT2D eigenvalue weighted by atomic mass is 10.2. The first-order valence-corrected chi connectivity index (χ1v) is 8.15. The van der Waals surface area contributed by atoms with Crippen molar-refractivity contribution in [1.29, 1.82) is 0 Å². The molecule has 0 unspecified atom stereocenters. The predicted molar refractivity (Wildman–Crippen MR) is 83.7 cm³/mol. The maximum absolute atomic E-state index is 12.8. The molecule has 24 heavy (non-hydrogen) atoms. The summed E-state index contributed by atoms with van der Waals surface area (Å²) in [6, 6.07) is 8.62. The van der Waals surface area contributed by atoms with Crippen molar-refractivity contribution in [2.24, 2.45) is 0 Å². The molecule has 0 aromatic heterocycles.